The summed E-state index contributed by atoms with van der Waals surface area (Å²) in [4.78, 5) is 37.8. The number of nitrogens with zero attached hydrogens (tertiary/aromatic N) is 1. The van der Waals surface area contributed by atoms with Crippen molar-refractivity contribution >= 4 is 23.6 Å². The van der Waals surface area contributed by atoms with Gasteiger partial charge in [0.25, 0.3) is 5.91 Å². The maximum Gasteiger partial charge on any atom is 0.408 e. The van der Waals surface area contributed by atoms with Crippen molar-refractivity contribution in [2.45, 2.75) is 72.6 Å². The van der Waals surface area contributed by atoms with Crippen LogP contribution in [0.4, 0.5) is 4.79 Å². The molecule has 0 saturated heterocycles. The normalized spacial score (nSPS) is 13.1. The minimum Gasteiger partial charge on any atom is -0.444 e. The van der Waals surface area contributed by atoms with E-state index in [4.69, 9.17) is 4.74 Å². The van der Waals surface area contributed by atoms with E-state index in [2.05, 4.69) is 21.2 Å². The van der Waals surface area contributed by atoms with Gasteiger partial charge in [0.05, 0.1) is 0 Å². The van der Waals surface area contributed by atoms with Crippen molar-refractivity contribution in [3.05, 3.63) is 35.9 Å². The summed E-state index contributed by atoms with van der Waals surface area (Å²) in [5, 5.41) is 9.27. The van der Waals surface area contributed by atoms with Gasteiger partial charge in [0.1, 0.15) is 17.7 Å². The number of carbonyl (C=O) groups is 3. The first-order chi connectivity index (χ1) is 13.9. The van der Waals surface area contributed by atoms with E-state index < -0.39 is 35.6 Å². The molecule has 3 N–H and O–H groups in total. The fraction of sp³-hybridized carbons (Fsp3) is 0.545. The Kier molecular flexibility index (Phi) is 9.49. The molecule has 30 heavy (non-hydrogen) atoms. The molecular weight excluding hydrogens is 384 g/mol. The van der Waals surface area contributed by atoms with Gasteiger partial charge in [-0.3, -0.25) is 9.59 Å². The lowest BCUT2D eigenvalue weighted by Gasteiger charge is -2.26. The van der Waals surface area contributed by atoms with Crippen LogP contribution in [0.5, 0.6) is 0 Å². The number of nitrogens with one attached hydrogen (secondary N) is 3. The molecule has 2 atom stereocenters. The maximum atomic E-state index is 13.0. The van der Waals surface area contributed by atoms with Crippen LogP contribution in [0.15, 0.2) is 35.4 Å². The Bertz CT molecular complexity index is 750. The van der Waals surface area contributed by atoms with E-state index in [1.54, 1.807) is 34.6 Å². The Morgan fingerprint density at radius 3 is 2.10 bits per heavy atom. The van der Waals surface area contributed by atoms with Gasteiger partial charge in [-0.05, 0) is 46.1 Å². The molecule has 1 aromatic rings. The van der Waals surface area contributed by atoms with Gasteiger partial charge < -0.3 is 15.4 Å². The highest BCUT2D eigenvalue weighted by Gasteiger charge is 2.30. The molecule has 0 spiro atoms. The van der Waals surface area contributed by atoms with Gasteiger partial charge >= 0.3 is 6.09 Å². The average Bonchev–Trinajstić information content (AvgIpc) is 2.62. The van der Waals surface area contributed by atoms with Crippen molar-refractivity contribution in [3.8, 4) is 0 Å². The minimum absolute atomic E-state index is 0.180. The van der Waals surface area contributed by atoms with Gasteiger partial charge in [-0.1, -0.05) is 44.2 Å². The molecule has 0 bridgehead atoms. The van der Waals surface area contributed by atoms with Crippen molar-refractivity contribution in [2.24, 2.45) is 11.0 Å². The van der Waals surface area contributed by atoms with Gasteiger partial charge in [0, 0.05) is 12.1 Å². The fourth-order valence-electron chi connectivity index (χ4n) is 2.53. The Labute approximate surface area is 178 Å². The number of ether oxygens (including phenoxy) is 1. The molecule has 0 radical (unpaired) electrons. The van der Waals surface area contributed by atoms with Crippen molar-refractivity contribution < 1.29 is 19.1 Å². The molecule has 1 aromatic carbocycles. The Morgan fingerprint density at radius 1 is 1.00 bits per heavy atom. The number of carbonyl (C=O) groups excluding carboxylic acids is 3. The largest absolute Gasteiger partial charge is 0.444 e. The molecule has 0 saturated carbocycles. The summed E-state index contributed by atoms with van der Waals surface area (Å²) in [5.74, 6) is -1.08. The molecule has 8 heteroatoms. The lowest BCUT2D eigenvalue weighted by atomic mass is 10.0. The highest BCUT2D eigenvalue weighted by atomic mass is 16.6. The van der Waals surface area contributed by atoms with Gasteiger partial charge in [-0.25, -0.2) is 10.2 Å². The maximum absolute atomic E-state index is 13.0. The van der Waals surface area contributed by atoms with Crippen LogP contribution in [0.25, 0.3) is 0 Å². The second-order valence-corrected chi connectivity index (χ2v) is 8.65. The van der Waals surface area contributed by atoms with Crippen molar-refractivity contribution in [1.29, 1.82) is 0 Å². The van der Waals surface area contributed by atoms with Crippen molar-refractivity contribution in [2.75, 3.05) is 0 Å². The van der Waals surface area contributed by atoms with Crippen LogP contribution in [0.2, 0.25) is 0 Å². The highest BCUT2D eigenvalue weighted by molar-refractivity contribution is 5.92. The number of hydrazone groups is 1. The second-order valence-electron chi connectivity index (χ2n) is 8.65. The second kappa shape index (κ2) is 11.3. The summed E-state index contributed by atoms with van der Waals surface area (Å²) in [5.41, 5.74) is 3.30. The number of alkyl carbamates (subject to hydrolysis) is 1. The quantitative estimate of drug-likeness (QED) is 0.445. The first-order valence-corrected chi connectivity index (χ1v) is 10.0. The monoisotopic (exact) mass is 418 g/mol. The standard InChI is InChI=1S/C22H34N4O4/c1-14(2)18(20(28)26-25-15(3)4)24-19(27)17(13-16-11-9-8-10-12-16)23-21(29)30-22(5,6)7/h8-12,14,17-18H,13H2,1-7H3,(H,23,29)(H,24,27)(H,26,28)/t17-,18-/m0/s1. The Hall–Kier alpha value is -2.90. The van der Waals surface area contributed by atoms with Gasteiger partial charge in [-0.2, -0.15) is 5.10 Å². The zero-order chi connectivity index (χ0) is 22.9. The van der Waals surface area contributed by atoms with Crippen LogP contribution in [0.3, 0.4) is 0 Å². The van der Waals surface area contributed by atoms with Crippen LogP contribution < -0.4 is 16.1 Å². The van der Waals surface area contributed by atoms with Crippen LogP contribution in [-0.4, -0.2) is 41.3 Å². The lowest BCUT2D eigenvalue weighted by Crippen LogP contribution is -2.56. The third-order valence-corrected chi connectivity index (χ3v) is 3.93. The fourth-order valence-corrected chi connectivity index (χ4v) is 2.53. The SMILES string of the molecule is CC(C)=NNC(=O)[C@@H](NC(=O)[C@H](Cc1ccccc1)NC(=O)OC(C)(C)C)C(C)C. The molecule has 0 heterocycles. The molecule has 0 aromatic heterocycles. The molecule has 0 fully saturated rings. The van der Waals surface area contributed by atoms with E-state index in [-0.39, 0.29) is 12.3 Å². The summed E-state index contributed by atoms with van der Waals surface area (Å²) in [6, 6.07) is 7.59. The molecule has 0 unspecified atom stereocenters. The molecule has 1 rings (SSSR count). The number of benzene rings is 1. The lowest BCUT2D eigenvalue weighted by molar-refractivity contribution is -0.131. The number of hydrogen-bond donors (Lipinski definition) is 3. The van der Waals surface area contributed by atoms with Crippen LogP contribution in [-0.2, 0) is 20.7 Å². The molecule has 166 valence electrons. The summed E-state index contributed by atoms with van der Waals surface area (Å²) >= 11 is 0. The number of hydrogen-bond acceptors (Lipinski definition) is 5. The minimum atomic E-state index is -0.910. The van der Waals surface area contributed by atoms with Crippen molar-refractivity contribution in [3.63, 3.8) is 0 Å². The molecular formula is C22H34N4O4. The van der Waals surface area contributed by atoms with Gasteiger partial charge in [0.2, 0.25) is 5.91 Å². The zero-order valence-corrected chi connectivity index (χ0v) is 18.9. The molecule has 0 aliphatic heterocycles. The Balaban J connectivity index is 2.99. The summed E-state index contributed by atoms with van der Waals surface area (Å²) in [6.07, 6.45) is -0.444. The molecule has 0 aliphatic carbocycles. The van der Waals surface area contributed by atoms with E-state index in [9.17, 15) is 14.4 Å². The van der Waals surface area contributed by atoms with E-state index in [0.29, 0.717) is 5.71 Å². The van der Waals surface area contributed by atoms with Crippen LogP contribution in [0.1, 0.15) is 54.0 Å². The van der Waals surface area contributed by atoms with Gasteiger partial charge in [-0.15, -0.1) is 0 Å². The van der Waals surface area contributed by atoms with Gasteiger partial charge in [0.15, 0.2) is 0 Å². The predicted molar refractivity (Wildman–Crippen MR) is 117 cm³/mol. The van der Waals surface area contributed by atoms with E-state index in [1.165, 1.54) is 0 Å². The topological polar surface area (TPSA) is 109 Å². The molecule has 0 aliphatic rings. The Morgan fingerprint density at radius 2 is 1.60 bits per heavy atom. The van der Waals surface area contributed by atoms with E-state index >= 15 is 0 Å². The first-order valence-electron chi connectivity index (χ1n) is 10.0. The summed E-state index contributed by atoms with van der Waals surface area (Å²) in [7, 11) is 0. The average molecular weight is 419 g/mol. The zero-order valence-electron chi connectivity index (χ0n) is 18.9. The van der Waals surface area contributed by atoms with Crippen LogP contribution >= 0.6 is 0 Å². The number of amides is 3. The smallest absolute Gasteiger partial charge is 0.408 e. The summed E-state index contributed by atoms with van der Waals surface area (Å²) in [6.45, 7) is 12.4. The molecule has 8 nitrogen and oxygen atoms in total. The first kappa shape index (κ1) is 25.1. The third-order valence-electron chi connectivity index (χ3n) is 3.93. The van der Waals surface area contributed by atoms with E-state index in [0.717, 1.165) is 5.56 Å². The predicted octanol–water partition coefficient (Wildman–Crippen LogP) is 2.78. The highest BCUT2D eigenvalue weighted by Crippen LogP contribution is 2.10. The van der Waals surface area contributed by atoms with E-state index in [1.807, 2.05) is 44.2 Å². The summed E-state index contributed by atoms with van der Waals surface area (Å²) < 4.78 is 5.29. The number of rotatable bonds is 8. The van der Waals surface area contributed by atoms with Crippen LogP contribution in [0, 0.1) is 5.92 Å². The van der Waals surface area contributed by atoms with Crippen molar-refractivity contribution in [1.82, 2.24) is 16.1 Å². The third kappa shape index (κ3) is 9.54. The molecule has 3 amide bonds.